The molecule has 0 saturated carbocycles. The number of hydrogen-bond donors (Lipinski definition) is 1. The number of carbonyl (C=O) groups is 1. The van der Waals surface area contributed by atoms with Gasteiger partial charge in [-0.05, 0) is 42.8 Å². The van der Waals surface area contributed by atoms with Crippen molar-refractivity contribution in [1.82, 2.24) is 19.5 Å². The zero-order chi connectivity index (χ0) is 22.1. The topological polar surface area (TPSA) is 80.9 Å². The van der Waals surface area contributed by atoms with Gasteiger partial charge in [0, 0.05) is 31.7 Å². The molecule has 0 spiro atoms. The van der Waals surface area contributed by atoms with E-state index in [1.165, 1.54) is 4.68 Å². The van der Waals surface area contributed by atoms with Gasteiger partial charge in [0.15, 0.2) is 0 Å². The standard InChI is InChI=1S/C23H25N5O3/c1-15-25-27(14-22(29)24-13-16-8-10-17(11-9-16)26(2)3)23(30)20-12-18-19(28(15)20)6-5-7-21(18)31-4/h5-12H,13-14H2,1-4H3,(H,24,29). The van der Waals surface area contributed by atoms with Crippen LogP contribution in [-0.2, 0) is 17.9 Å². The van der Waals surface area contributed by atoms with Gasteiger partial charge in [-0.25, -0.2) is 4.68 Å². The van der Waals surface area contributed by atoms with E-state index < -0.39 is 0 Å². The molecule has 1 amide bonds. The molecule has 0 unspecified atom stereocenters. The minimum absolute atomic E-state index is 0.148. The molecule has 160 valence electrons. The number of anilines is 1. The number of fused-ring (bicyclic) bond motifs is 3. The molecular weight excluding hydrogens is 394 g/mol. The smallest absolute Gasteiger partial charge is 0.291 e. The average molecular weight is 419 g/mol. The van der Waals surface area contributed by atoms with Crippen molar-refractivity contribution in [2.24, 2.45) is 0 Å². The third kappa shape index (κ3) is 3.84. The summed E-state index contributed by atoms with van der Waals surface area (Å²) in [5, 5.41) is 8.05. The number of nitrogens with zero attached hydrogens (tertiary/aromatic N) is 4. The maximum atomic E-state index is 13.0. The first-order chi connectivity index (χ1) is 14.9. The lowest BCUT2D eigenvalue weighted by molar-refractivity contribution is -0.122. The molecule has 2 heterocycles. The summed E-state index contributed by atoms with van der Waals surface area (Å²) in [5.41, 5.74) is 3.05. The zero-order valence-corrected chi connectivity index (χ0v) is 18.0. The van der Waals surface area contributed by atoms with Crippen LogP contribution in [0.2, 0.25) is 0 Å². The number of rotatable bonds is 6. The van der Waals surface area contributed by atoms with Gasteiger partial charge in [0.25, 0.3) is 5.56 Å². The van der Waals surface area contributed by atoms with E-state index in [9.17, 15) is 9.59 Å². The molecule has 0 aliphatic carbocycles. The zero-order valence-electron chi connectivity index (χ0n) is 18.0. The highest BCUT2D eigenvalue weighted by Crippen LogP contribution is 2.28. The van der Waals surface area contributed by atoms with E-state index in [2.05, 4.69) is 10.4 Å². The van der Waals surface area contributed by atoms with E-state index in [4.69, 9.17) is 4.74 Å². The predicted molar refractivity (Wildman–Crippen MR) is 121 cm³/mol. The monoisotopic (exact) mass is 419 g/mol. The van der Waals surface area contributed by atoms with E-state index in [0.717, 1.165) is 22.2 Å². The minimum Gasteiger partial charge on any atom is -0.496 e. The number of methoxy groups -OCH3 is 1. The molecule has 0 fully saturated rings. The second-order valence-electron chi connectivity index (χ2n) is 7.61. The molecule has 0 atom stereocenters. The molecule has 31 heavy (non-hydrogen) atoms. The second-order valence-corrected chi connectivity index (χ2v) is 7.61. The summed E-state index contributed by atoms with van der Waals surface area (Å²) >= 11 is 0. The Kier molecular flexibility index (Phi) is 5.37. The SMILES string of the molecule is COc1cccc2c1cc1c(=O)n(CC(=O)NCc3ccc(N(C)C)cc3)nc(C)n12. The number of aromatic nitrogens is 3. The van der Waals surface area contributed by atoms with Gasteiger partial charge >= 0.3 is 0 Å². The van der Waals surface area contributed by atoms with Gasteiger partial charge in [0.2, 0.25) is 5.91 Å². The molecule has 8 heteroatoms. The van der Waals surface area contributed by atoms with E-state index in [-0.39, 0.29) is 18.0 Å². The van der Waals surface area contributed by atoms with Gasteiger partial charge < -0.3 is 15.0 Å². The first kappa shape index (κ1) is 20.5. The maximum absolute atomic E-state index is 13.0. The van der Waals surface area contributed by atoms with Crippen LogP contribution in [0.1, 0.15) is 11.4 Å². The van der Waals surface area contributed by atoms with Crippen molar-refractivity contribution in [1.29, 1.82) is 0 Å². The lowest BCUT2D eigenvalue weighted by Crippen LogP contribution is -2.34. The van der Waals surface area contributed by atoms with Crippen molar-refractivity contribution in [3.8, 4) is 5.75 Å². The van der Waals surface area contributed by atoms with Crippen LogP contribution in [0.5, 0.6) is 5.75 Å². The molecule has 0 aliphatic rings. The lowest BCUT2D eigenvalue weighted by Gasteiger charge is -2.13. The van der Waals surface area contributed by atoms with Crippen molar-refractivity contribution in [3.05, 3.63) is 70.3 Å². The maximum Gasteiger partial charge on any atom is 0.291 e. The van der Waals surface area contributed by atoms with Crippen molar-refractivity contribution in [3.63, 3.8) is 0 Å². The van der Waals surface area contributed by atoms with Crippen molar-refractivity contribution in [2.45, 2.75) is 20.0 Å². The normalized spacial score (nSPS) is 11.1. The number of carbonyl (C=O) groups excluding carboxylic acids is 1. The molecular formula is C23H25N5O3. The summed E-state index contributed by atoms with van der Waals surface area (Å²) in [7, 11) is 5.55. The summed E-state index contributed by atoms with van der Waals surface area (Å²) in [6, 6.07) is 15.3. The molecule has 2 aromatic heterocycles. The highest BCUT2D eigenvalue weighted by atomic mass is 16.5. The molecule has 8 nitrogen and oxygen atoms in total. The van der Waals surface area contributed by atoms with Crippen LogP contribution in [0.4, 0.5) is 5.69 Å². The van der Waals surface area contributed by atoms with Crippen LogP contribution in [0.15, 0.2) is 53.3 Å². The number of amides is 1. The van der Waals surface area contributed by atoms with Crippen LogP contribution >= 0.6 is 0 Å². The first-order valence-corrected chi connectivity index (χ1v) is 9.98. The molecule has 4 rings (SSSR count). The van der Waals surface area contributed by atoms with Gasteiger partial charge in [0.1, 0.15) is 23.6 Å². The number of benzene rings is 2. The Morgan fingerprint density at radius 3 is 2.55 bits per heavy atom. The summed E-state index contributed by atoms with van der Waals surface area (Å²) in [4.78, 5) is 27.5. The molecule has 1 N–H and O–H groups in total. The highest BCUT2D eigenvalue weighted by molar-refractivity contribution is 5.92. The summed E-state index contributed by atoms with van der Waals surface area (Å²) < 4.78 is 8.42. The quantitative estimate of drug-likeness (QED) is 0.519. The second kappa shape index (κ2) is 8.14. The third-order valence-electron chi connectivity index (χ3n) is 5.30. The van der Waals surface area contributed by atoms with Crippen LogP contribution in [0, 0.1) is 6.92 Å². The van der Waals surface area contributed by atoms with Gasteiger partial charge in [0.05, 0.1) is 12.6 Å². The Hall–Kier alpha value is -3.81. The van der Waals surface area contributed by atoms with E-state index in [0.29, 0.717) is 23.6 Å². The fourth-order valence-electron chi connectivity index (χ4n) is 3.70. The van der Waals surface area contributed by atoms with E-state index in [1.807, 2.05) is 68.4 Å². The first-order valence-electron chi connectivity index (χ1n) is 9.98. The van der Waals surface area contributed by atoms with Crippen molar-refractivity contribution >= 4 is 28.0 Å². The Labute approximate surface area is 179 Å². The third-order valence-corrected chi connectivity index (χ3v) is 5.30. The van der Waals surface area contributed by atoms with Gasteiger partial charge in [-0.1, -0.05) is 18.2 Å². The largest absolute Gasteiger partial charge is 0.496 e. The number of aryl methyl sites for hydroxylation is 1. The molecule has 2 aromatic carbocycles. The van der Waals surface area contributed by atoms with Gasteiger partial charge in [-0.15, -0.1) is 0 Å². The molecule has 0 saturated heterocycles. The molecule has 0 aliphatic heterocycles. The highest BCUT2D eigenvalue weighted by Gasteiger charge is 2.16. The van der Waals surface area contributed by atoms with Gasteiger partial charge in [-0.3, -0.25) is 14.0 Å². The van der Waals surface area contributed by atoms with Crippen LogP contribution in [-0.4, -0.2) is 41.3 Å². The van der Waals surface area contributed by atoms with Crippen molar-refractivity contribution in [2.75, 3.05) is 26.1 Å². The van der Waals surface area contributed by atoms with Gasteiger partial charge in [-0.2, -0.15) is 5.10 Å². The van der Waals surface area contributed by atoms with Crippen LogP contribution < -0.4 is 20.5 Å². The fraction of sp³-hybridized carbons (Fsp3) is 0.261. The average Bonchev–Trinajstić information content (AvgIpc) is 3.16. The fourth-order valence-corrected chi connectivity index (χ4v) is 3.70. The summed E-state index contributed by atoms with van der Waals surface area (Å²) in [5.74, 6) is 1.03. The Morgan fingerprint density at radius 2 is 1.87 bits per heavy atom. The summed E-state index contributed by atoms with van der Waals surface area (Å²) in [6.07, 6.45) is 0. The van der Waals surface area contributed by atoms with Crippen LogP contribution in [0.3, 0.4) is 0 Å². The Bertz CT molecular complexity index is 1320. The molecule has 0 radical (unpaired) electrons. The predicted octanol–water partition coefficient (Wildman–Crippen LogP) is 2.35. The number of hydrogen-bond acceptors (Lipinski definition) is 5. The van der Waals surface area contributed by atoms with Crippen molar-refractivity contribution < 1.29 is 9.53 Å². The Balaban J connectivity index is 1.57. The lowest BCUT2D eigenvalue weighted by atomic mass is 10.2. The van der Waals surface area contributed by atoms with E-state index >= 15 is 0 Å². The molecule has 0 bridgehead atoms. The minimum atomic E-state index is -0.325. The Morgan fingerprint density at radius 1 is 1.13 bits per heavy atom. The molecule has 4 aromatic rings. The summed E-state index contributed by atoms with van der Waals surface area (Å²) in [6.45, 7) is 2.05. The van der Waals surface area contributed by atoms with E-state index in [1.54, 1.807) is 17.6 Å². The van der Waals surface area contributed by atoms with Crippen LogP contribution in [0.25, 0.3) is 16.4 Å². The number of ether oxygens (including phenoxy) is 1. The number of nitrogens with one attached hydrogen (secondary N) is 1.